The highest BCUT2D eigenvalue weighted by molar-refractivity contribution is 5.81. The average molecular weight is 295 g/mol. The van der Waals surface area contributed by atoms with Crippen LogP contribution >= 0.6 is 0 Å². The van der Waals surface area contributed by atoms with Crippen molar-refractivity contribution in [2.75, 3.05) is 6.61 Å². The number of ether oxygens (including phenoxy) is 1. The summed E-state index contributed by atoms with van der Waals surface area (Å²) in [6, 6.07) is 8.18. The third-order valence-electron chi connectivity index (χ3n) is 6.33. The van der Waals surface area contributed by atoms with Crippen LogP contribution in [0.3, 0.4) is 0 Å². The number of rotatable bonds is 2. The monoisotopic (exact) mass is 295 g/mol. The van der Waals surface area contributed by atoms with Crippen molar-refractivity contribution >= 4 is 5.91 Å². The number of fused-ring (bicyclic) bond motifs is 1. The van der Waals surface area contributed by atoms with E-state index in [0.29, 0.717) is 23.9 Å². The molecule has 0 unspecified atom stereocenters. The van der Waals surface area contributed by atoms with E-state index in [1.807, 2.05) is 18.2 Å². The minimum absolute atomic E-state index is 0.107. The molecule has 114 valence electrons. The first-order valence-corrected chi connectivity index (χ1v) is 8.48. The number of hydrogen-bond acceptors (Lipinski definition) is 2. The molecule has 3 aliphatic carbocycles. The van der Waals surface area contributed by atoms with Crippen LogP contribution in [0, 0.1) is 23.2 Å². The Morgan fingerprint density at radius 3 is 2.91 bits per heavy atom. The lowest BCUT2D eigenvalue weighted by Crippen LogP contribution is -2.38. The molecular weight excluding hydrogens is 274 g/mol. The van der Waals surface area contributed by atoms with Gasteiger partial charge in [-0.25, -0.2) is 0 Å². The van der Waals surface area contributed by atoms with E-state index in [1.54, 1.807) is 0 Å². The number of carbonyl (C=O) groups excluding carboxylic acids is 1. The second-order valence-corrected chi connectivity index (χ2v) is 7.33. The Morgan fingerprint density at radius 2 is 2.09 bits per heavy atom. The number of amides is 1. The number of para-hydroxylation sites is 1. The van der Waals surface area contributed by atoms with Crippen molar-refractivity contribution < 1.29 is 9.53 Å². The van der Waals surface area contributed by atoms with Crippen molar-refractivity contribution in [1.82, 2.24) is 5.32 Å². The largest absolute Gasteiger partial charge is 0.493 e. The highest BCUT2D eigenvalue weighted by atomic mass is 16.5. The molecular formula is C19H21NO2. The summed E-state index contributed by atoms with van der Waals surface area (Å²) < 4.78 is 5.69. The summed E-state index contributed by atoms with van der Waals surface area (Å²) in [7, 11) is 0. The van der Waals surface area contributed by atoms with Gasteiger partial charge in [-0.2, -0.15) is 0 Å². The summed E-state index contributed by atoms with van der Waals surface area (Å²) >= 11 is 0. The van der Waals surface area contributed by atoms with Crippen molar-refractivity contribution in [1.29, 1.82) is 0 Å². The van der Waals surface area contributed by atoms with E-state index in [4.69, 9.17) is 4.74 Å². The molecule has 5 rings (SSSR count). The van der Waals surface area contributed by atoms with E-state index in [2.05, 4.69) is 23.5 Å². The molecule has 0 saturated heterocycles. The van der Waals surface area contributed by atoms with Crippen LogP contribution in [0.25, 0.3) is 0 Å². The molecule has 3 heteroatoms. The quantitative estimate of drug-likeness (QED) is 0.851. The average Bonchev–Trinajstić information content (AvgIpc) is 3.21. The Bertz CT molecular complexity index is 661. The lowest BCUT2D eigenvalue weighted by Gasteiger charge is -2.29. The molecule has 4 aliphatic rings. The van der Waals surface area contributed by atoms with Gasteiger partial charge in [0.05, 0.1) is 12.6 Å². The van der Waals surface area contributed by atoms with Crippen molar-refractivity contribution in [2.24, 2.45) is 23.2 Å². The number of allylic oxidation sites excluding steroid dienone is 2. The molecule has 22 heavy (non-hydrogen) atoms. The zero-order valence-electron chi connectivity index (χ0n) is 12.6. The van der Waals surface area contributed by atoms with E-state index in [1.165, 1.54) is 12.8 Å². The first-order chi connectivity index (χ1) is 10.8. The summed E-state index contributed by atoms with van der Waals surface area (Å²) in [6.07, 6.45) is 9.25. The summed E-state index contributed by atoms with van der Waals surface area (Å²) in [5.41, 5.74) is 1.61. The molecule has 0 radical (unpaired) electrons. The fourth-order valence-corrected chi connectivity index (χ4v) is 5.04. The van der Waals surface area contributed by atoms with Crippen LogP contribution in [0.4, 0.5) is 0 Å². The van der Waals surface area contributed by atoms with Crippen molar-refractivity contribution in [3.63, 3.8) is 0 Å². The lowest BCUT2D eigenvalue weighted by molar-refractivity contribution is -0.126. The van der Waals surface area contributed by atoms with E-state index in [9.17, 15) is 4.79 Å². The fourth-order valence-electron chi connectivity index (χ4n) is 5.04. The molecule has 1 aromatic carbocycles. The molecule has 1 aromatic rings. The van der Waals surface area contributed by atoms with Crippen LogP contribution in [0.15, 0.2) is 36.4 Å². The normalized spacial score (nSPS) is 36.0. The molecule has 2 fully saturated rings. The van der Waals surface area contributed by atoms with E-state index in [0.717, 1.165) is 24.2 Å². The van der Waals surface area contributed by atoms with Crippen LogP contribution < -0.4 is 10.1 Å². The van der Waals surface area contributed by atoms with Gasteiger partial charge in [-0.3, -0.25) is 4.79 Å². The molecule has 2 saturated carbocycles. The van der Waals surface area contributed by atoms with Gasteiger partial charge in [0.2, 0.25) is 5.91 Å². The van der Waals surface area contributed by atoms with Crippen molar-refractivity contribution in [3.05, 3.63) is 42.0 Å². The summed E-state index contributed by atoms with van der Waals surface area (Å²) in [6.45, 7) is 0.683. The highest BCUT2D eigenvalue weighted by Crippen LogP contribution is 2.70. The van der Waals surface area contributed by atoms with Gasteiger partial charge in [-0.1, -0.05) is 30.4 Å². The fraction of sp³-hybridized carbons (Fsp3) is 0.526. The molecule has 1 aliphatic heterocycles. The maximum Gasteiger partial charge on any atom is 0.224 e. The Balaban J connectivity index is 1.35. The number of carbonyl (C=O) groups is 1. The van der Waals surface area contributed by atoms with E-state index >= 15 is 0 Å². The van der Waals surface area contributed by atoms with Crippen LogP contribution in [-0.2, 0) is 4.79 Å². The van der Waals surface area contributed by atoms with Crippen LogP contribution in [0.5, 0.6) is 5.75 Å². The maximum absolute atomic E-state index is 12.8. The predicted molar refractivity (Wildman–Crippen MR) is 83.3 cm³/mol. The van der Waals surface area contributed by atoms with Gasteiger partial charge in [-0.05, 0) is 42.6 Å². The van der Waals surface area contributed by atoms with Gasteiger partial charge in [0, 0.05) is 17.9 Å². The Hall–Kier alpha value is -1.77. The van der Waals surface area contributed by atoms with E-state index < -0.39 is 0 Å². The second kappa shape index (κ2) is 4.37. The topological polar surface area (TPSA) is 38.3 Å². The molecule has 4 atom stereocenters. The molecule has 1 N–H and O–H groups in total. The Labute approximate surface area is 130 Å². The van der Waals surface area contributed by atoms with Crippen molar-refractivity contribution in [3.8, 4) is 5.75 Å². The standard InChI is InChI=1S/C19H21NO2/c21-18(14-11-12-5-6-15(14)19(12)8-9-19)20-16-7-10-22-17-4-2-1-3-13(16)17/h1-6,12,14-16H,7-11H2,(H,20,21)/t12-,14+,15-,16-/m0/s1. The van der Waals surface area contributed by atoms with Gasteiger partial charge in [0.15, 0.2) is 0 Å². The summed E-state index contributed by atoms with van der Waals surface area (Å²) in [5.74, 6) is 2.52. The zero-order chi connectivity index (χ0) is 14.7. The maximum atomic E-state index is 12.8. The third-order valence-corrected chi connectivity index (χ3v) is 6.33. The van der Waals surface area contributed by atoms with Gasteiger partial charge in [0.1, 0.15) is 5.75 Å². The number of benzene rings is 1. The third kappa shape index (κ3) is 1.65. The minimum Gasteiger partial charge on any atom is -0.493 e. The Morgan fingerprint density at radius 1 is 1.23 bits per heavy atom. The predicted octanol–water partition coefficient (Wildman–Crippen LogP) is 3.23. The smallest absolute Gasteiger partial charge is 0.224 e. The van der Waals surface area contributed by atoms with Gasteiger partial charge in [0.25, 0.3) is 0 Å². The molecule has 1 amide bonds. The summed E-state index contributed by atoms with van der Waals surface area (Å²) in [4.78, 5) is 12.8. The van der Waals surface area contributed by atoms with Gasteiger partial charge < -0.3 is 10.1 Å². The summed E-state index contributed by atoms with van der Waals surface area (Å²) in [5, 5.41) is 3.31. The highest BCUT2D eigenvalue weighted by Gasteiger charge is 2.64. The SMILES string of the molecule is O=C(N[C@H]1CCOc2ccccc21)[C@@H]1C[C@@H]2C=C[C@@H]1C21CC1. The lowest BCUT2D eigenvalue weighted by atomic mass is 9.88. The first kappa shape index (κ1) is 12.7. The Kier molecular flexibility index (Phi) is 2.53. The van der Waals surface area contributed by atoms with Crippen LogP contribution in [0.2, 0.25) is 0 Å². The molecule has 2 bridgehead atoms. The first-order valence-electron chi connectivity index (χ1n) is 8.48. The van der Waals surface area contributed by atoms with E-state index in [-0.39, 0.29) is 17.9 Å². The minimum atomic E-state index is 0.107. The molecule has 0 aromatic heterocycles. The van der Waals surface area contributed by atoms with Crippen molar-refractivity contribution in [2.45, 2.75) is 31.7 Å². The van der Waals surface area contributed by atoms with Crippen LogP contribution in [-0.4, -0.2) is 12.5 Å². The zero-order valence-corrected chi connectivity index (χ0v) is 12.6. The number of hydrogen-bond donors (Lipinski definition) is 1. The van der Waals surface area contributed by atoms with Gasteiger partial charge >= 0.3 is 0 Å². The number of nitrogens with one attached hydrogen (secondary N) is 1. The molecule has 1 heterocycles. The molecule has 1 spiro atoms. The second-order valence-electron chi connectivity index (χ2n) is 7.33. The van der Waals surface area contributed by atoms with Crippen LogP contribution in [0.1, 0.15) is 37.3 Å². The molecule has 3 nitrogen and oxygen atoms in total. The van der Waals surface area contributed by atoms with Gasteiger partial charge in [-0.15, -0.1) is 0 Å².